The van der Waals surface area contributed by atoms with E-state index in [1.54, 1.807) is 36.4 Å². The summed E-state index contributed by atoms with van der Waals surface area (Å²) in [7, 11) is -2.70. The number of fused-ring (bicyclic) bond motifs is 1. The number of nitrogens with zero attached hydrogens (tertiary/aromatic N) is 2. The maximum absolute atomic E-state index is 12.8. The largest absolute Gasteiger partial charge is 0.422 e. The number of Topliss-reactive ketones (excluding diaryl/α,β-unsaturated/α-hetero) is 1. The van der Waals surface area contributed by atoms with Gasteiger partial charge in [0.25, 0.3) is 0 Å². The summed E-state index contributed by atoms with van der Waals surface area (Å²) >= 11 is 0. The number of carbonyl (C=O) groups excluding carboxylic acids is 1. The van der Waals surface area contributed by atoms with Gasteiger partial charge in [0.05, 0.1) is 9.73 Å². The molecule has 0 N–H and O–H groups in total. The van der Waals surface area contributed by atoms with Gasteiger partial charge in [0.2, 0.25) is 0 Å². The first-order valence-electron chi connectivity index (χ1n) is 6.64. The fourth-order valence-electron chi connectivity index (χ4n) is 2.04. The monoisotopic (exact) mass is 314 g/mol. The molecule has 0 radical (unpaired) electrons. The third kappa shape index (κ3) is 2.78. The number of carbonyl (C=O) groups is 1. The van der Waals surface area contributed by atoms with Crippen molar-refractivity contribution in [2.45, 2.75) is 11.8 Å². The lowest BCUT2D eigenvalue weighted by atomic mass is 10.2. The van der Waals surface area contributed by atoms with E-state index in [9.17, 15) is 9.00 Å². The standard InChI is InChI=1S/C16H14N2O3S/c1-11(19)12-7-9-13(10-8-12)22(2,20)18-16-17-14-5-3-4-6-15(14)21-16/h3-10H,1-2H3. The zero-order valence-corrected chi connectivity index (χ0v) is 13.0. The number of hydrogen-bond acceptors (Lipinski definition) is 5. The second-order valence-electron chi connectivity index (χ2n) is 4.94. The van der Waals surface area contributed by atoms with Crippen LogP contribution in [-0.2, 0) is 9.73 Å². The van der Waals surface area contributed by atoms with Gasteiger partial charge in [-0.3, -0.25) is 4.79 Å². The Hall–Kier alpha value is -2.47. The smallest absolute Gasteiger partial charge is 0.331 e. The lowest BCUT2D eigenvalue weighted by Crippen LogP contribution is -1.98. The molecular formula is C16H14N2O3S. The van der Waals surface area contributed by atoms with Crippen molar-refractivity contribution in [3.05, 3.63) is 54.1 Å². The molecule has 112 valence electrons. The maximum Gasteiger partial charge on any atom is 0.331 e. The van der Waals surface area contributed by atoms with E-state index in [2.05, 4.69) is 9.35 Å². The van der Waals surface area contributed by atoms with Gasteiger partial charge in [0.1, 0.15) is 5.52 Å². The Balaban J connectivity index is 2.03. The van der Waals surface area contributed by atoms with Gasteiger partial charge in [0, 0.05) is 16.7 Å². The third-order valence-corrected chi connectivity index (χ3v) is 4.88. The van der Waals surface area contributed by atoms with Gasteiger partial charge in [0.15, 0.2) is 11.4 Å². The van der Waals surface area contributed by atoms with Gasteiger partial charge in [-0.1, -0.05) is 24.3 Å². The van der Waals surface area contributed by atoms with E-state index < -0.39 is 9.73 Å². The fraction of sp³-hybridized carbons (Fsp3) is 0.125. The number of para-hydroxylation sites is 2. The highest BCUT2D eigenvalue weighted by Gasteiger charge is 2.11. The molecule has 5 nitrogen and oxygen atoms in total. The van der Waals surface area contributed by atoms with Crippen molar-refractivity contribution in [2.24, 2.45) is 4.36 Å². The minimum absolute atomic E-state index is 0.0370. The van der Waals surface area contributed by atoms with Gasteiger partial charge in [-0.25, -0.2) is 4.21 Å². The molecule has 1 unspecified atom stereocenters. The van der Waals surface area contributed by atoms with Crippen molar-refractivity contribution in [3.8, 4) is 0 Å². The predicted octanol–water partition coefficient (Wildman–Crippen LogP) is 3.82. The van der Waals surface area contributed by atoms with Gasteiger partial charge in [-0.2, -0.15) is 4.98 Å². The first-order chi connectivity index (χ1) is 10.5. The van der Waals surface area contributed by atoms with E-state index in [1.807, 2.05) is 12.1 Å². The van der Waals surface area contributed by atoms with E-state index in [-0.39, 0.29) is 11.8 Å². The first-order valence-corrected chi connectivity index (χ1v) is 8.57. The molecule has 22 heavy (non-hydrogen) atoms. The number of benzene rings is 2. The van der Waals surface area contributed by atoms with Crippen molar-refractivity contribution >= 4 is 32.6 Å². The fourth-order valence-corrected chi connectivity index (χ4v) is 3.17. The second kappa shape index (κ2) is 5.38. The first kappa shape index (κ1) is 14.5. The predicted molar refractivity (Wildman–Crippen MR) is 84.9 cm³/mol. The van der Waals surface area contributed by atoms with Crippen molar-refractivity contribution in [1.29, 1.82) is 0 Å². The summed E-state index contributed by atoms with van der Waals surface area (Å²) in [6, 6.07) is 13.9. The van der Waals surface area contributed by atoms with Gasteiger partial charge < -0.3 is 4.42 Å². The van der Waals surface area contributed by atoms with Gasteiger partial charge in [-0.05, 0) is 31.2 Å². The summed E-state index contributed by atoms with van der Waals surface area (Å²) < 4.78 is 22.4. The van der Waals surface area contributed by atoms with Crippen LogP contribution in [0.2, 0.25) is 0 Å². The van der Waals surface area contributed by atoms with Crippen LogP contribution in [0.15, 0.2) is 62.2 Å². The Morgan fingerprint density at radius 3 is 2.45 bits per heavy atom. The lowest BCUT2D eigenvalue weighted by molar-refractivity contribution is 0.101. The minimum Gasteiger partial charge on any atom is -0.422 e. The summed E-state index contributed by atoms with van der Waals surface area (Å²) in [4.78, 5) is 16.0. The molecule has 3 aromatic rings. The highest BCUT2D eigenvalue weighted by Crippen LogP contribution is 2.24. The Kier molecular flexibility index (Phi) is 3.54. The molecule has 0 aliphatic heterocycles. The van der Waals surface area contributed by atoms with E-state index in [0.29, 0.717) is 21.6 Å². The highest BCUT2D eigenvalue weighted by atomic mass is 32.2. The van der Waals surface area contributed by atoms with Crippen molar-refractivity contribution in [3.63, 3.8) is 0 Å². The molecule has 3 rings (SSSR count). The number of hydrogen-bond donors (Lipinski definition) is 0. The molecule has 0 bridgehead atoms. The zero-order chi connectivity index (χ0) is 15.7. The second-order valence-corrected chi connectivity index (χ2v) is 7.20. The Bertz CT molecular complexity index is 931. The number of aromatic nitrogens is 1. The zero-order valence-electron chi connectivity index (χ0n) is 12.1. The summed E-state index contributed by atoms with van der Waals surface area (Å²) in [6.07, 6.45) is 1.52. The number of rotatable bonds is 3. The lowest BCUT2D eigenvalue weighted by Gasteiger charge is -2.03. The molecule has 1 atom stereocenters. The van der Waals surface area contributed by atoms with Crippen LogP contribution in [0.5, 0.6) is 0 Å². The molecule has 0 aliphatic carbocycles. The van der Waals surface area contributed by atoms with E-state index in [4.69, 9.17) is 4.42 Å². The van der Waals surface area contributed by atoms with Crippen LogP contribution in [0.1, 0.15) is 17.3 Å². The number of ketones is 1. The SMILES string of the molecule is CC(=O)c1ccc(S(C)(=O)=Nc2nc3ccccc3o2)cc1. The maximum atomic E-state index is 12.8. The summed E-state index contributed by atoms with van der Waals surface area (Å²) in [6.45, 7) is 1.49. The average molecular weight is 314 g/mol. The molecule has 0 saturated heterocycles. The molecular weight excluding hydrogens is 300 g/mol. The van der Waals surface area contributed by atoms with Crippen LogP contribution < -0.4 is 0 Å². The van der Waals surface area contributed by atoms with Crippen LogP contribution >= 0.6 is 0 Å². The topological polar surface area (TPSA) is 72.5 Å². The van der Waals surface area contributed by atoms with E-state index in [0.717, 1.165) is 0 Å². The van der Waals surface area contributed by atoms with Gasteiger partial charge >= 0.3 is 6.01 Å². The molecule has 1 heterocycles. The molecule has 1 aromatic heterocycles. The molecule has 0 saturated carbocycles. The Morgan fingerprint density at radius 1 is 1.14 bits per heavy atom. The molecule has 0 amide bonds. The summed E-state index contributed by atoms with van der Waals surface area (Å²) in [5, 5.41) is 0. The van der Waals surface area contributed by atoms with Crippen molar-refractivity contribution in [1.82, 2.24) is 4.98 Å². The van der Waals surface area contributed by atoms with Gasteiger partial charge in [-0.15, -0.1) is 4.36 Å². The molecule has 0 aliphatic rings. The molecule has 6 heteroatoms. The Labute approximate surface area is 128 Å². The van der Waals surface area contributed by atoms with Crippen LogP contribution in [-0.4, -0.2) is 21.2 Å². The van der Waals surface area contributed by atoms with Crippen molar-refractivity contribution < 1.29 is 13.4 Å². The molecule has 2 aromatic carbocycles. The third-order valence-electron chi connectivity index (χ3n) is 3.23. The summed E-state index contributed by atoms with van der Waals surface area (Å²) in [5.74, 6) is -0.0370. The molecule has 0 fully saturated rings. The minimum atomic E-state index is -2.70. The average Bonchev–Trinajstić information content (AvgIpc) is 2.88. The quantitative estimate of drug-likeness (QED) is 0.689. The summed E-state index contributed by atoms with van der Waals surface area (Å²) in [5.41, 5.74) is 1.84. The van der Waals surface area contributed by atoms with E-state index >= 15 is 0 Å². The van der Waals surface area contributed by atoms with Crippen LogP contribution in [0.4, 0.5) is 6.01 Å². The van der Waals surface area contributed by atoms with Crippen LogP contribution in [0, 0.1) is 0 Å². The molecule has 0 spiro atoms. The highest BCUT2D eigenvalue weighted by molar-refractivity contribution is 7.93. The number of oxazole rings is 1. The normalized spacial score (nSPS) is 13.7. The Morgan fingerprint density at radius 2 is 1.82 bits per heavy atom. The van der Waals surface area contributed by atoms with Crippen LogP contribution in [0.25, 0.3) is 11.1 Å². The van der Waals surface area contributed by atoms with Crippen LogP contribution in [0.3, 0.4) is 0 Å². The van der Waals surface area contributed by atoms with Crippen molar-refractivity contribution in [2.75, 3.05) is 6.26 Å². The van der Waals surface area contributed by atoms with E-state index in [1.165, 1.54) is 13.2 Å².